The van der Waals surface area contributed by atoms with Gasteiger partial charge in [-0.3, -0.25) is 0 Å². The van der Waals surface area contributed by atoms with Crippen molar-refractivity contribution < 1.29 is 0 Å². The number of nitrogens with zero attached hydrogens (tertiary/aromatic N) is 1. The molecule has 0 aliphatic carbocycles. The molecule has 2 N–H and O–H groups in total. The molecule has 2 rings (SSSR count). The Morgan fingerprint density at radius 3 is 2.79 bits per heavy atom. The first-order valence-corrected chi connectivity index (χ1v) is 6.24. The van der Waals surface area contributed by atoms with E-state index in [1.165, 1.54) is 11.3 Å². The summed E-state index contributed by atoms with van der Waals surface area (Å²) in [6.07, 6.45) is 0. The van der Waals surface area contributed by atoms with E-state index < -0.39 is 0 Å². The van der Waals surface area contributed by atoms with E-state index in [1.54, 1.807) is 11.3 Å². The van der Waals surface area contributed by atoms with E-state index in [1.807, 2.05) is 17.5 Å². The number of nitrogens with two attached hydrogens (primary N) is 1. The maximum atomic E-state index is 8.77. The van der Waals surface area contributed by atoms with Gasteiger partial charge in [-0.25, -0.2) is 0 Å². The molecule has 2 heterocycles. The fourth-order valence-electron chi connectivity index (χ4n) is 1.07. The summed E-state index contributed by atoms with van der Waals surface area (Å²) < 4.78 is 1.05. The van der Waals surface area contributed by atoms with Gasteiger partial charge in [0.15, 0.2) is 0 Å². The lowest BCUT2D eigenvalue weighted by molar-refractivity contribution is 1.52. The van der Waals surface area contributed by atoms with Crippen LogP contribution >= 0.6 is 38.6 Å². The van der Waals surface area contributed by atoms with Crippen molar-refractivity contribution >= 4 is 44.3 Å². The second-order valence-electron chi connectivity index (χ2n) is 2.60. The van der Waals surface area contributed by atoms with Gasteiger partial charge < -0.3 is 5.73 Å². The number of hydrogen-bond donors (Lipinski definition) is 1. The van der Waals surface area contributed by atoms with Crippen LogP contribution in [0.1, 0.15) is 4.88 Å². The SMILES string of the molecule is N#Cc1sc(-c2sccc2Br)cc1N. The molecule has 0 aliphatic rings. The van der Waals surface area contributed by atoms with Gasteiger partial charge in [0.05, 0.1) is 10.6 Å². The van der Waals surface area contributed by atoms with Gasteiger partial charge in [-0.1, -0.05) is 0 Å². The van der Waals surface area contributed by atoms with Crippen molar-refractivity contribution in [3.63, 3.8) is 0 Å². The van der Waals surface area contributed by atoms with Crippen LogP contribution in [0.4, 0.5) is 5.69 Å². The lowest BCUT2D eigenvalue weighted by Crippen LogP contribution is -1.81. The van der Waals surface area contributed by atoms with Gasteiger partial charge in [-0.2, -0.15) is 5.26 Å². The number of nitrogen functional groups attached to an aromatic ring is 1. The summed E-state index contributed by atoms with van der Waals surface area (Å²) in [6.45, 7) is 0. The zero-order valence-corrected chi connectivity index (χ0v) is 10.2. The molecule has 0 amide bonds. The molecule has 2 nitrogen and oxygen atoms in total. The summed E-state index contributed by atoms with van der Waals surface area (Å²) in [5.41, 5.74) is 6.25. The fourth-order valence-corrected chi connectivity index (χ4v) is 3.80. The first-order valence-electron chi connectivity index (χ1n) is 3.75. The Morgan fingerprint density at radius 2 is 2.29 bits per heavy atom. The van der Waals surface area contributed by atoms with E-state index in [4.69, 9.17) is 11.0 Å². The first kappa shape index (κ1) is 9.71. The summed E-state index contributed by atoms with van der Waals surface area (Å²) >= 11 is 6.51. The molecule has 2 aromatic rings. The molecule has 0 aliphatic heterocycles. The summed E-state index contributed by atoms with van der Waals surface area (Å²) in [5.74, 6) is 0. The maximum absolute atomic E-state index is 8.77. The average molecular weight is 285 g/mol. The Labute approximate surface area is 97.7 Å². The number of anilines is 1. The molecule has 0 saturated heterocycles. The van der Waals surface area contributed by atoms with E-state index in [0.29, 0.717) is 10.6 Å². The lowest BCUT2D eigenvalue weighted by atomic mass is 10.3. The fraction of sp³-hybridized carbons (Fsp3) is 0. The van der Waals surface area contributed by atoms with Gasteiger partial charge in [0.2, 0.25) is 0 Å². The highest BCUT2D eigenvalue weighted by atomic mass is 79.9. The van der Waals surface area contributed by atoms with Crippen molar-refractivity contribution in [2.75, 3.05) is 5.73 Å². The Balaban J connectivity index is 2.54. The van der Waals surface area contributed by atoms with Gasteiger partial charge in [0.1, 0.15) is 10.9 Å². The number of nitriles is 1. The highest BCUT2D eigenvalue weighted by Crippen LogP contribution is 2.39. The quantitative estimate of drug-likeness (QED) is 0.868. The van der Waals surface area contributed by atoms with Crippen LogP contribution in [0.2, 0.25) is 0 Å². The van der Waals surface area contributed by atoms with Crippen LogP contribution in [-0.2, 0) is 0 Å². The van der Waals surface area contributed by atoms with E-state index in [9.17, 15) is 0 Å². The summed E-state index contributed by atoms with van der Waals surface area (Å²) in [4.78, 5) is 2.75. The predicted octanol–water partition coefficient (Wildman–Crippen LogP) is 3.69. The van der Waals surface area contributed by atoms with Crippen LogP contribution in [0, 0.1) is 11.3 Å². The predicted molar refractivity (Wildman–Crippen MR) is 64.5 cm³/mol. The Hall–Kier alpha value is -0.830. The van der Waals surface area contributed by atoms with Crippen LogP contribution in [0.3, 0.4) is 0 Å². The molecular formula is C9H5BrN2S2. The van der Waals surface area contributed by atoms with Crippen molar-refractivity contribution in [3.8, 4) is 15.8 Å². The van der Waals surface area contributed by atoms with Crippen molar-refractivity contribution in [3.05, 3.63) is 26.9 Å². The topological polar surface area (TPSA) is 49.8 Å². The maximum Gasteiger partial charge on any atom is 0.128 e. The number of hydrogen-bond acceptors (Lipinski definition) is 4. The van der Waals surface area contributed by atoms with Crippen LogP contribution in [0.25, 0.3) is 9.75 Å². The first-order chi connectivity index (χ1) is 6.72. The van der Waals surface area contributed by atoms with Gasteiger partial charge in [-0.05, 0) is 33.4 Å². The van der Waals surface area contributed by atoms with E-state index in [0.717, 1.165) is 14.2 Å². The molecule has 0 radical (unpaired) electrons. The molecule has 14 heavy (non-hydrogen) atoms. The highest BCUT2D eigenvalue weighted by Gasteiger charge is 2.10. The van der Waals surface area contributed by atoms with Crippen molar-refractivity contribution in [1.29, 1.82) is 5.26 Å². The van der Waals surface area contributed by atoms with Crippen molar-refractivity contribution in [2.24, 2.45) is 0 Å². The van der Waals surface area contributed by atoms with Crippen LogP contribution in [-0.4, -0.2) is 0 Å². The van der Waals surface area contributed by atoms with Crippen LogP contribution < -0.4 is 5.73 Å². The molecule has 0 unspecified atom stereocenters. The molecule has 0 saturated carbocycles. The zero-order valence-electron chi connectivity index (χ0n) is 6.95. The number of thiophene rings is 2. The van der Waals surface area contributed by atoms with E-state index >= 15 is 0 Å². The molecule has 0 bridgehead atoms. The van der Waals surface area contributed by atoms with Crippen LogP contribution in [0.5, 0.6) is 0 Å². The second-order valence-corrected chi connectivity index (χ2v) is 5.43. The molecule has 0 fully saturated rings. The van der Waals surface area contributed by atoms with Crippen LogP contribution in [0.15, 0.2) is 22.0 Å². The van der Waals surface area contributed by atoms with E-state index in [2.05, 4.69) is 22.0 Å². The molecular weight excluding hydrogens is 280 g/mol. The molecule has 0 aromatic carbocycles. The Morgan fingerprint density at radius 1 is 1.50 bits per heavy atom. The Bertz CT molecular complexity index is 507. The number of halogens is 1. The minimum Gasteiger partial charge on any atom is -0.397 e. The minimum atomic E-state index is 0.563. The van der Waals surface area contributed by atoms with E-state index in [-0.39, 0.29) is 0 Å². The van der Waals surface area contributed by atoms with Crippen molar-refractivity contribution in [2.45, 2.75) is 0 Å². The molecule has 0 atom stereocenters. The molecule has 5 heteroatoms. The third-order valence-corrected chi connectivity index (χ3v) is 4.78. The summed E-state index contributed by atoms with van der Waals surface area (Å²) in [5, 5.41) is 10.8. The standard InChI is InChI=1S/C9H5BrN2S2/c10-5-1-2-13-9(5)7-3-6(12)8(4-11)14-7/h1-3H,12H2. The molecule has 2 aromatic heterocycles. The third-order valence-electron chi connectivity index (χ3n) is 1.70. The largest absolute Gasteiger partial charge is 0.397 e. The normalized spacial score (nSPS) is 10.0. The third kappa shape index (κ3) is 1.57. The lowest BCUT2D eigenvalue weighted by Gasteiger charge is -1.90. The summed E-state index contributed by atoms with van der Waals surface area (Å²) in [6, 6.07) is 5.91. The summed E-state index contributed by atoms with van der Waals surface area (Å²) in [7, 11) is 0. The Kier molecular flexibility index (Phi) is 2.59. The minimum absolute atomic E-state index is 0.563. The van der Waals surface area contributed by atoms with Gasteiger partial charge in [0.25, 0.3) is 0 Å². The smallest absolute Gasteiger partial charge is 0.128 e. The van der Waals surface area contributed by atoms with Gasteiger partial charge in [-0.15, -0.1) is 22.7 Å². The van der Waals surface area contributed by atoms with Gasteiger partial charge in [0, 0.05) is 9.35 Å². The number of rotatable bonds is 1. The molecule has 0 spiro atoms. The second kappa shape index (κ2) is 3.73. The highest BCUT2D eigenvalue weighted by molar-refractivity contribution is 9.10. The molecule has 70 valence electrons. The zero-order chi connectivity index (χ0) is 10.1. The van der Waals surface area contributed by atoms with Crippen molar-refractivity contribution in [1.82, 2.24) is 0 Å². The average Bonchev–Trinajstić information content (AvgIpc) is 2.71. The van der Waals surface area contributed by atoms with Gasteiger partial charge >= 0.3 is 0 Å². The monoisotopic (exact) mass is 284 g/mol.